The molecule has 0 spiro atoms. The number of nitrogens with one attached hydrogen (secondary N) is 1. The van der Waals surface area contributed by atoms with Crippen LogP contribution in [0.1, 0.15) is 46.5 Å². The third-order valence-corrected chi connectivity index (χ3v) is 5.40. The van der Waals surface area contributed by atoms with Crippen molar-refractivity contribution in [2.45, 2.75) is 46.5 Å². The first-order chi connectivity index (χ1) is 12.3. The van der Waals surface area contributed by atoms with Crippen LogP contribution in [0.3, 0.4) is 0 Å². The minimum atomic E-state index is -3.56. The fourth-order valence-corrected chi connectivity index (χ4v) is 3.52. The van der Waals surface area contributed by atoms with Crippen molar-refractivity contribution in [2.75, 3.05) is 30.3 Å². The largest absolute Gasteiger partial charge is 0.494 e. The number of anilines is 1. The SMILES string of the molecule is CCCCC(CC)CNC(=O)CN(c1ccc(OCC)cc1)S(C)(=O)=O. The Kier molecular flexibility index (Phi) is 9.48. The first-order valence-electron chi connectivity index (χ1n) is 9.29. The van der Waals surface area contributed by atoms with Crippen molar-refractivity contribution in [3.05, 3.63) is 24.3 Å². The topological polar surface area (TPSA) is 75.7 Å². The van der Waals surface area contributed by atoms with Gasteiger partial charge in [-0.2, -0.15) is 0 Å². The molecule has 0 saturated heterocycles. The number of unbranched alkanes of at least 4 members (excludes halogenated alkanes) is 1. The second-order valence-electron chi connectivity index (χ2n) is 6.42. The van der Waals surface area contributed by atoms with Crippen molar-refractivity contribution in [3.63, 3.8) is 0 Å². The minimum Gasteiger partial charge on any atom is -0.494 e. The van der Waals surface area contributed by atoms with Crippen LogP contribution in [0.2, 0.25) is 0 Å². The van der Waals surface area contributed by atoms with Crippen molar-refractivity contribution in [3.8, 4) is 5.75 Å². The predicted molar refractivity (Wildman–Crippen MR) is 106 cm³/mol. The summed E-state index contributed by atoms with van der Waals surface area (Å²) in [4.78, 5) is 12.3. The van der Waals surface area contributed by atoms with E-state index < -0.39 is 10.0 Å². The summed E-state index contributed by atoms with van der Waals surface area (Å²) in [5, 5.41) is 2.88. The lowest BCUT2D eigenvalue weighted by molar-refractivity contribution is -0.119. The van der Waals surface area contributed by atoms with Crippen molar-refractivity contribution in [2.24, 2.45) is 5.92 Å². The lowest BCUT2D eigenvalue weighted by atomic mass is 9.99. The number of nitrogens with zero attached hydrogens (tertiary/aromatic N) is 1. The van der Waals surface area contributed by atoms with E-state index in [4.69, 9.17) is 4.74 Å². The number of carbonyl (C=O) groups excluding carboxylic acids is 1. The van der Waals surface area contributed by atoms with Gasteiger partial charge in [0, 0.05) is 6.54 Å². The van der Waals surface area contributed by atoms with Gasteiger partial charge in [0.05, 0.1) is 18.6 Å². The molecule has 1 aromatic rings. The van der Waals surface area contributed by atoms with E-state index in [1.165, 1.54) is 0 Å². The van der Waals surface area contributed by atoms with Gasteiger partial charge in [-0.1, -0.05) is 33.1 Å². The van der Waals surface area contributed by atoms with E-state index in [1.54, 1.807) is 24.3 Å². The van der Waals surface area contributed by atoms with Gasteiger partial charge in [-0.05, 0) is 43.5 Å². The molecule has 1 aromatic carbocycles. The summed E-state index contributed by atoms with van der Waals surface area (Å²) in [6, 6.07) is 6.70. The normalized spacial score (nSPS) is 12.5. The van der Waals surface area contributed by atoms with Crippen LogP contribution in [0, 0.1) is 5.92 Å². The van der Waals surface area contributed by atoms with E-state index in [0.717, 1.165) is 36.2 Å². The molecule has 0 aliphatic rings. The van der Waals surface area contributed by atoms with Crippen LogP contribution in [-0.2, 0) is 14.8 Å². The van der Waals surface area contributed by atoms with Gasteiger partial charge >= 0.3 is 0 Å². The molecule has 1 unspecified atom stereocenters. The highest BCUT2D eigenvalue weighted by Gasteiger charge is 2.21. The third kappa shape index (κ3) is 7.64. The monoisotopic (exact) mass is 384 g/mol. The molecule has 1 amide bonds. The van der Waals surface area contributed by atoms with Crippen LogP contribution in [0.25, 0.3) is 0 Å². The zero-order valence-electron chi connectivity index (χ0n) is 16.3. The van der Waals surface area contributed by atoms with E-state index in [1.807, 2.05) is 6.92 Å². The van der Waals surface area contributed by atoms with Gasteiger partial charge in [-0.15, -0.1) is 0 Å². The lowest BCUT2D eigenvalue weighted by Crippen LogP contribution is -2.41. The number of rotatable bonds is 12. The van der Waals surface area contributed by atoms with Crippen molar-refractivity contribution >= 4 is 21.6 Å². The minimum absolute atomic E-state index is 0.225. The molecule has 6 nitrogen and oxygen atoms in total. The number of amides is 1. The Hall–Kier alpha value is -1.76. The Labute approximate surface area is 158 Å². The van der Waals surface area contributed by atoms with Gasteiger partial charge < -0.3 is 10.1 Å². The summed E-state index contributed by atoms with van der Waals surface area (Å²) >= 11 is 0. The molecule has 26 heavy (non-hydrogen) atoms. The summed E-state index contributed by atoms with van der Waals surface area (Å²) in [6.07, 6.45) is 5.43. The smallest absolute Gasteiger partial charge is 0.240 e. The Morgan fingerprint density at radius 2 is 1.85 bits per heavy atom. The molecule has 0 heterocycles. The number of benzene rings is 1. The maximum Gasteiger partial charge on any atom is 0.240 e. The highest BCUT2D eigenvalue weighted by atomic mass is 32.2. The summed E-state index contributed by atoms with van der Waals surface area (Å²) in [5.41, 5.74) is 0.448. The fraction of sp³-hybridized carbons (Fsp3) is 0.632. The highest BCUT2D eigenvalue weighted by Crippen LogP contribution is 2.21. The van der Waals surface area contributed by atoms with Gasteiger partial charge in [-0.3, -0.25) is 9.10 Å². The molecule has 0 aromatic heterocycles. The average Bonchev–Trinajstić information content (AvgIpc) is 2.60. The second kappa shape index (κ2) is 11.1. The van der Waals surface area contributed by atoms with Crippen LogP contribution >= 0.6 is 0 Å². The highest BCUT2D eigenvalue weighted by molar-refractivity contribution is 7.92. The van der Waals surface area contributed by atoms with Gasteiger partial charge in [0.2, 0.25) is 15.9 Å². The molecule has 0 aliphatic carbocycles. The molecule has 7 heteroatoms. The van der Waals surface area contributed by atoms with Gasteiger partial charge in [0.1, 0.15) is 12.3 Å². The van der Waals surface area contributed by atoms with Crippen LogP contribution < -0.4 is 14.4 Å². The van der Waals surface area contributed by atoms with Gasteiger partial charge in [0.25, 0.3) is 0 Å². The third-order valence-electron chi connectivity index (χ3n) is 4.25. The first kappa shape index (κ1) is 22.3. The van der Waals surface area contributed by atoms with E-state index >= 15 is 0 Å². The van der Waals surface area contributed by atoms with Crippen molar-refractivity contribution < 1.29 is 17.9 Å². The first-order valence-corrected chi connectivity index (χ1v) is 11.1. The fourth-order valence-electron chi connectivity index (χ4n) is 2.66. The average molecular weight is 385 g/mol. The number of ether oxygens (including phenoxy) is 1. The molecule has 0 radical (unpaired) electrons. The van der Waals surface area contributed by atoms with Crippen LogP contribution in [0.4, 0.5) is 5.69 Å². The molecular formula is C19H32N2O4S. The van der Waals surface area contributed by atoms with Crippen molar-refractivity contribution in [1.82, 2.24) is 5.32 Å². The Morgan fingerprint density at radius 1 is 1.19 bits per heavy atom. The van der Waals surface area contributed by atoms with E-state index in [2.05, 4.69) is 19.2 Å². The molecule has 0 aliphatic heterocycles. The van der Waals surface area contributed by atoms with Gasteiger partial charge in [0.15, 0.2) is 0 Å². The number of sulfonamides is 1. The summed E-state index contributed by atoms with van der Waals surface area (Å²) in [6.45, 7) is 7.02. The quantitative estimate of drug-likeness (QED) is 0.600. The molecule has 0 fully saturated rings. The number of hydrogen-bond acceptors (Lipinski definition) is 4. The van der Waals surface area contributed by atoms with Crippen LogP contribution in [0.15, 0.2) is 24.3 Å². The van der Waals surface area contributed by atoms with E-state index in [0.29, 0.717) is 30.5 Å². The zero-order chi connectivity index (χ0) is 19.6. The van der Waals surface area contributed by atoms with Crippen molar-refractivity contribution in [1.29, 1.82) is 0 Å². The molecule has 0 bridgehead atoms. The Bertz CT molecular complexity index is 644. The predicted octanol–water partition coefficient (Wildman–Crippen LogP) is 3.18. The van der Waals surface area contributed by atoms with Gasteiger partial charge in [-0.25, -0.2) is 8.42 Å². The van der Waals surface area contributed by atoms with E-state index in [-0.39, 0.29) is 12.5 Å². The molecular weight excluding hydrogens is 352 g/mol. The maximum atomic E-state index is 12.3. The molecule has 1 rings (SSSR count). The van der Waals surface area contributed by atoms with E-state index in [9.17, 15) is 13.2 Å². The number of hydrogen-bond donors (Lipinski definition) is 1. The van der Waals surface area contributed by atoms with Crippen LogP contribution in [0.5, 0.6) is 5.75 Å². The summed E-state index contributed by atoms with van der Waals surface area (Å²) < 4.78 is 30.7. The standard InChI is InChI=1S/C19H32N2O4S/c1-5-8-9-16(6-2)14-20-19(22)15-21(26(4,23)24)17-10-12-18(13-11-17)25-7-3/h10-13,16H,5-9,14-15H2,1-4H3,(H,20,22). The summed E-state index contributed by atoms with van der Waals surface area (Å²) in [7, 11) is -3.56. The zero-order valence-corrected chi connectivity index (χ0v) is 17.1. The second-order valence-corrected chi connectivity index (χ2v) is 8.32. The molecule has 148 valence electrons. The Balaban J connectivity index is 2.74. The Morgan fingerprint density at radius 3 is 2.35 bits per heavy atom. The lowest BCUT2D eigenvalue weighted by Gasteiger charge is -2.23. The molecule has 0 saturated carbocycles. The molecule has 1 N–H and O–H groups in total. The molecule has 1 atom stereocenters. The van der Waals surface area contributed by atoms with Crippen LogP contribution in [-0.4, -0.2) is 40.3 Å². The maximum absolute atomic E-state index is 12.3. The summed E-state index contributed by atoms with van der Waals surface area (Å²) in [5.74, 6) is 0.797. The number of carbonyl (C=O) groups is 1.